The second kappa shape index (κ2) is 33.2. The summed E-state index contributed by atoms with van der Waals surface area (Å²) in [5.74, 6) is -2.53. The third-order valence-electron chi connectivity index (χ3n) is 8.56. The first-order chi connectivity index (χ1) is 25.4. The molecular weight excluding hydrogens is 688 g/mol. The van der Waals surface area contributed by atoms with Crippen LogP contribution >= 0.6 is 0 Å². The predicted molar refractivity (Wildman–Crippen MR) is 200 cm³/mol. The van der Waals surface area contributed by atoms with E-state index in [4.69, 9.17) is 23.7 Å². The Kier molecular flexibility index (Phi) is 31.1. The summed E-state index contributed by atoms with van der Waals surface area (Å²) < 4.78 is 25.6. The summed E-state index contributed by atoms with van der Waals surface area (Å²) in [5.41, 5.74) is 0. The zero-order valence-corrected chi connectivity index (χ0v) is 31.6. The van der Waals surface area contributed by atoms with Gasteiger partial charge in [0, 0.05) is 37.5 Å². The van der Waals surface area contributed by atoms with Crippen molar-refractivity contribution in [2.75, 3.05) is 39.6 Å². The van der Waals surface area contributed by atoms with Gasteiger partial charge in [-0.05, 0) is 50.4 Å². The number of hydrogen-bond donors (Lipinski definition) is 4. The molecule has 0 aromatic rings. The fourth-order valence-electron chi connectivity index (χ4n) is 5.86. The highest BCUT2D eigenvalue weighted by Crippen LogP contribution is 2.24. The van der Waals surface area contributed by atoms with Crippen molar-refractivity contribution in [2.45, 2.75) is 127 Å². The van der Waals surface area contributed by atoms with Crippen LogP contribution < -0.4 is 0 Å². The van der Waals surface area contributed by atoms with Gasteiger partial charge in [0.1, 0.15) is 26.4 Å². The van der Waals surface area contributed by atoms with Gasteiger partial charge in [-0.3, -0.25) is 0 Å². The molecule has 0 fully saturated rings. The molecule has 0 aromatic heterocycles. The molecule has 0 spiro atoms. The summed E-state index contributed by atoms with van der Waals surface area (Å²) in [4.78, 5) is 45.3. The van der Waals surface area contributed by atoms with E-state index in [2.05, 4.69) is 26.3 Å². The molecule has 0 aliphatic rings. The third-order valence-corrected chi connectivity index (χ3v) is 8.56. The number of carbonyl (C=O) groups is 4. The summed E-state index contributed by atoms with van der Waals surface area (Å²) >= 11 is 0. The first-order valence-corrected chi connectivity index (χ1v) is 18.9. The highest BCUT2D eigenvalue weighted by atomic mass is 16.6. The van der Waals surface area contributed by atoms with E-state index in [-0.39, 0.29) is 38.3 Å². The summed E-state index contributed by atoms with van der Waals surface area (Å²) in [7, 11) is 0. The van der Waals surface area contributed by atoms with Crippen LogP contribution in [0.3, 0.4) is 0 Å². The predicted octanol–water partition coefficient (Wildman–Crippen LogP) is 4.84. The van der Waals surface area contributed by atoms with Crippen LogP contribution in [0.1, 0.15) is 103 Å². The molecule has 13 heteroatoms. The van der Waals surface area contributed by atoms with Crippen molar-refractivity contribution in [3.05, 3.63) is 50.6 Å². The molecule has 0 saturated heterocycles. The summed E-state index contributed by atoms with van der Waals surface area (Å²) in [6.07, 6.45) is 13.4. The van der Waals surface area contributed by atoms with Crippen LogP contribution in [-0.4, -0.2) is 108 Å². The van der Waals surface area contributed by atoms with Crippen molar-refractivity contribution < 1.29 is 63.3 Å². The number of esters is 4. The normalized spacial score (nSPS) is 14.4. The van der Waals surface area contributed by atoms with Crippen molar-refractivity contribution in [1.82, 2.24) is 0 Å². The van der Waals surface area contributed by atoms with Crippen molar-refractivity contribution >= 4 is 23.9 Å². The SMILES string of the molecule is C=CC(=O)OCC(O)CC(CCCCCCCOCCCCCCCC(CC(O)COC(=O)C=C)CC(O)COC(=O)C=C)CC(O)COC(=O)C=C. The lowest BCUT2D eigenvalue weighted by molar-refractivity contribution is -0.142. The van der Waals surface area contributed by atoms with Crippen LogP contribution in [0.15, 0.2) is 50.6 Å². The van der Waals surface area contributed by atoms with Crippen LogP contribution in [0.2, 0.25) is 0 Å². The van der Waals surface area contributed by atoms with Crippen molar-refractivity contribution in [3.8, 4) is 0 Å². The number of carbonyl (C=O) groups excluding carboxylic acids is 4. The number of hydrogen-bond acceptors (Lipinski definition) is 13. The van der Waals surface area contributed by atoms with Gasteiger partial charge < -0.3 is 44.1 Å². The van der Waals surface area contributed by atoms with Crippen LogP contribution in [0.25, 0.3) is 0 Å². The molecule has 0 heterocycles. The molecule has 0 aromatic carbocycles. The van der Waals surface area contributed by atoms with E-state index >= 15 is 0 Å². The minimum atomic E-state index is -0.877. The molecule has 0 aliphatic heterocycles. The Bertz CT molecular complexity index is 902. The van der Waals surface area contributed by atoms with Gasteiger partial charge in [0.2, 0.25) is 0 Å². The molecule has 0 rings (SSSR count). The maximum Gasteiger partial charge on any atom is 0.330 e. The van der Waals surface area contributed by atoms with Crippen LogP contribution in [0.5, 0.6) is 0 Å². The quantitative estimate of drug-likeness (QED) is 0.0294. The maximum absolute atomic E-state index is 11.3. The van der Waals surface area contributed by atoms with Crippen molar-refractivity contribution in [3.63, 3.8) is 0 Å². The molecule has 4 atom stereocenters. The smallest absolute Gasteiger partial charge is 0.330 e. The Morgan fingerprint density at radius 2 is 0.660 bits per heavy atom. The summed E-state index contributed by atoms with van der Waals surface area (Å²) in [6, 6.07) is 0. The fourth-order valence-corrected chi connectivity index (χ4v) is 5.86. The molecule has 0 radical (unpaired) electrons. The molecule has 0 saturated carbocycles. The number of ether oxygens (including phenoxy) is 5. The van der Waals surface area contributed by atoms with Gasteiger partial charge >= 0.3 is 23.9 Å². The van der Waals surface area contributed by atoms with Gasteiger partial charge in [0.05, 0.1) is 24.4 Å². The number of rotatable bonds is 36. The van der Waals surface area contributed by atoms with Gasteiger partial charge in [-0.1, -0.05) is 90.5 Å². The number of aliphatic hydroxyl groups is 4. The topological polar surface area (TPSA) is 195 Å². The summed E-state index contributed by atoms with van der Waals surface area (Å²) in [5, 5.41) is 41.4. The van der Waals surface area contributed by atoms with E-state index in [1.165, 1.54) is 0 Å². The zero-order valence-electron chi connectivity index (χ0n) is 31.6. The Labute approximate surface area is 316 Å². The van der Waals surface area contributed by atoms with Gasteiger partial charge in [0.15, 0.2) is 0 Å². The second-order valence-electron chi connectivity index (χ2n) is 13.4. The molecule has 4 unspecified atom stereocenters. The largest absolute Gasteiger partial charge is 0.460 e. The second-order valence-corrected chi connectivity index (χ2v) is 13.4. The van der Waals surface area contributed by atoms with Crippen molar-refractivity contribution in [1.29, 1.82) is 0 Å². The Morgan fingerprint density at radius 3 is 0.925 bits per heavy atom. The monoisotopic (exact) mass is 754 g/mol. The number of aliphatic hydroxyl groups excluding tert-OH is 4. The average molecular weight is 755 g/mol. The van der Waals surface area contributed by atoms with Gasteiger partial charge in [-0.25, -0.2) is 19.2 Å². The minimum Gasteiger partial charge on any atom is -0.460 e. The molecule has 53 heavy (non-hydrogen) atoms. The lowest BCUT2D eigenvalue weighted by atomic mass is 9.90. The minimum absolute atomic E-state index is 0.0448. The van der Waals surface area contributed by atoms with Gasteiger partial charge in [0.25, 0.3) is 0 Å². The third kappa shape index (κ3) is 30.8. The molecule has 0 bridgehead atoms. The van der Waals surface area contributed by atoms with Gasteiger partial charge in [-0.15, -0.1) is 0 Å². The molecule has 13 nitrogen and oxygen atoms in total. The molecule has 0 amide bonds. The van der Waals surface area contributed by atoms with E-state index in [1.54, 1.807) is 0 Å². The van der Waals surface area contributed by atoms with E-state index < -0.39 is 48.3 Å². The van der Waals surface area contributed by atoms with E-state index in [9.17, 15) is 39.6 Å². The first-order valence-electron chi connectivity index (χ1n) is 18.9. The summed E-state index contributed by atoms with van der Waals surface area (Å²) in [6.45, 7) is 14.1. The van der Waals surface area contributed by atoms with E-state index in [0.717, 1.165) is 101 Å². The molecular formula is C40H66O13. The van der Waals surface area contributed by atoms with E-state index in [1.807, 2.05) is 0 Å². The van der Waals surface area contributed by atoms with Crippen LogP contribution in [0.4, 0.5) is 0 Å². The highest BCUT2D eigenvalue weighted by Gasteiger charge is 2.21. The number of unbranched alkanes of at least 4 members (excludes halogenated alkanes) is 8. The fraction of sp³-hybridized carbons (Fsp3) is 0.700. The molecule has 4 N–H and O–H groups in total. The Morgan fingerprint density at radius 1 is 0.415 bits per heavy atom. The first kappa shape index (κ1) is 49.6. The van der Waals surface area contributed by atoms with Gasteiger partial charge in [-0.2, -0.15) is 0 Å². The Balaban J connectivity index is 4.26. The van der Waals surface area contributed by atoms with Crippen LogP contribution in [-0.2, 0) is 42.9 Å². The van der Waals surface area contributed by atoms with Crippen LogP contribution in [0, 0.1) is 11.8 Å². The van der Waals surface area contributed by atoms with Crippen molar-refractivity contribution in [2.24, 2.45) is 11.8 Å². The van der Waals surface area contributed by atoms with E-state index in [0.29, 0.717) is 38.9 Å². The molecule has 0 aliphatic carbocycles. The Hall–Kier alpha value is -3.36. The average Bonchev–Trinajstić information content (AvgIpc) is 3.15. The highest BCUT2D eigenvalue weighted by molar-refractivity contribution is 5.82. The molecule has 304 valence electrons. The standard InChI is InChI=1S/C40H66O13/c1-5-37(45)50-27-33(41)23-31(24-34(42)28-51-38(46)6-2)19-15-11-9-13-17-21-49-22-18-14-10-12-16-20-32(25-35(43)29-52-39(47)7-3)26-36(44)30-53-40(48)8-4/h5-8,31-36,41-44H,1-4,9-30H2. The lowest BCUT2D eigenvalue weighted by Gasteiger charge is -2.23. The zero-order chi connectivity index (χ0) is 39.7. The lowest BCUT2D eigenvalue weighted by Crippen LogP contribution is -2.26. The maximum atomic E-state index is 11.3.